The molecule has 1 rings (SSSR count). The van der Waals surface area contributed by atoms with E-state index in [0.29, 0.717) is 12.3 Å². The van der Waals surface area contributed by atoms with Crippen LogP contribution in [0.2, 0.25) is 0 Å². The van der Waals surface area contributed by atoms with Crippen LogP contribution in [0.3, 0.4) is 0 Å². The molecule has 0 aromatic carbocycles. The van der Waals surface area contributed by atoms with E-state index >= 15 is 0 Å². The first-order valence-corrected chi connectivity index (χ1v) is 6.38. The van der Waals surface area contributed by atoms with Crippen LogP contribution in [-0.2, 0) is 4.79 Å². The summed E-state index contributed by atoms with van der Waals surface area (Å²) in [6.45, 7) is 0.585. The first-order chi connectivity index (χ1) is 7.22. The second-order valence-electron chi connectivity index (χ2n) is 3.79. The van der Waals surface area contributed by atoms with Gasteiger partial charge in [0.1, 0.15) is 5.54 Å². The van der Waals surface area contributed by atoms with Crippen molar-refractivity contribution in [1.29, 1.82) is 5.26 Å². The Balaban J connectivity index is 2.33. The van der Waals surface area contributed by atoms with Gasteiger partial charge in [0.05, 0.1) is 11.8 Å². The second kappa shape index (κ2) is 5.99. The summed E-state index contributed by atoms with van der Waals surface area (Å²) in [6.07, 6.45) is 3.64. The molecule has 84 valence electrons. The molecule has 5 heteroatoms. The van der Waals surface area contributed by atoms with Gasteiger partial charge in [0.15, 0.2) is 0 Å². The number of carbonyl (C=O) groups excluding carboxylic acids is 1. The molecule has 1 saturated carbocycles. The van der Waals surface area contributed by atoms with Crippen molar-refractivity contribution in [3.8, 4) is 6.07 Å². The SMILES string of the molecule is N#CC1(NC(=O)CSCCN)CCCC1. The number of nitrogens with one attached hydrogen (secondary N) is 1. The fraction of sp³-hybridized carbons (Fsp3) is 0.800. The zero-order valence-electron chi connectivity index (χ0n) is 8.79. The van der Waals surface area contributed by atoms with Gasteiger partial charge in [-0.2, -0.15) is 17.0 Å². The molecule has 1 fully saturated rings. The Morgan fingerprint density at radius 2 is 2.20 bits per heavy atom. The van der Waals surface area contributed by atoms with Crippen LogP contribution in [0.15, 0.2) is 0 Å². The van der Waals surface area contributed by atoms with Crippen molar-refractivity contribution in [3.05, 3.63) is 0 Å². The molecule has 0 aromatic rings. The van der Waals surface area contributed by atoms with Gasteiger partial charge in [0.25, 0.3) is 0 Å². The van der Waals surface area contributed by atoms with Crippen LogP contribution in [-0.4, -0.2) is 29.5 Å². The quantitative estimate of drug-likeness (QED) is 0.675. The maximum atomic E-state index is 11.5. The first-order valence-electron chi connectivity index (χ1n) is 5.22. The van der Waals surface area contributed by atoms with Crippen molar-refractivity contribution >= 4 is 17.7 Å². The van der Waals surface area contributed by atoms with E-state index in [9.17, 15) is 4.79 Å². The van der Waals surface area contributed by atoms with E-state index in [-0.39, 0.29) is 5.91 Å². The van der Waals surface area contributed by atoms with E-state index in [4.69, 9.17) is 11.0 Å². The molecule has 0 unspecified atom stereocenters. The lowest BCUT2D eigenvalue weighted by Gasteiger charge is -2.21. The van der Waals surface area contributed by atoms with Crippen molar-refractivity contribution in [3.63, 3.8) is 0 Å². The Labute approximate surface area is 94.6 Å². The van der Waals surface area contributed by atoms with Crippen molar-refractivity contribution in [1.82, 2.24) is 5.32 Å². The Hall–Kier alpha value is -0.730. The van der Waals surface area contributed by atoms with Gasteiger partial charge in [-0.1, -0.05) is 0 Å². The zero-order chi connectivity index (χ0) is 11.1. The zero-order valence-corrected chi connectivity index (χ0v) is 9.61. The van der Waals surface area contributed by atoms with Crippen molar-refractivity contribution in [2.75, 3.05) is 18.1 Å². The molecule has 1 aliphatic carbocycles. The molecule has 0 atom stereocenters. The predicted molar refractivity (Wildman–Crippen MR) is 61.3 cm³/mol. The number of nitrogens with two attached hydrogens (primary N) is 1. The number of hydrogen-bond acceptors (Lipinski definition) is 4. The highest BCUT2D eigenvalue weighted by molar-refractivity contribution is 7.99. The fourth-order valence-electron chi connectivity index (χ4n) is 1.79. The molecule has 0 aromatic heterocycles. The lowest BCUT2D eigenvalue weighted by molar-refractivity contribution is -0.119. The summed E-state index contributed by atoms with van der Waals surface area (Å²) in [6, 6.07) is 2.23. The second-order valence-corrected chi connectivity index (χ2v) is 4.90. The maximum Gasteiger partial charge on any atom is 0.231 e. The Morgan fingerprint density at radius 1 is 1.53 bits per heavy atom. The van der Waals surface area contributed by atoms with E-state index < -0.39 is 5.54 Å². The number of hydrogen-bond donors (Lipinski definition) is 2. The molecule has 3 N–H and O–H groups in total. The summed E-state index contributed by atoms with van der Waals surface area (Å²) in [4.78, 5) is 11.5. The molecule has 1 aliphatic rings. The van der Waals surface area contributed by atoms with Crippen LogP contribution < -0.4 is 11.1 Å². The van der Waals surface area contributed by atoms with Gasteiger partial charge in [0, 0.05) is 12.3 Å². The van der Waals surface area contributed by atoms with Crippen LogP contribution in [0, 0.1) is 11.3 Å². The van der Waals surface area contributed by atoms with Gasteiger partial charge in [0.2, 0.25) is 5.91 Å². The van der Waals surface area contributed by atoms with Gasteiger partial charge < -0.3 is 11.1 Å². The molecule has 0 spiro atoms. The molecular weight excluding hydrogens is 210 g/mol. The Kier molecular flexibility index (Phi) is 4.92. The van der Waals surface area contributed by atoms with Crippen LogP contribution in [0.4, 0.5) is 0 Å². The normalized spacial score (nSPS) is 18.4. The predicted octanol–water partition coefficient (Wildman–Crippen LogP) is 0.631. The molecule has 0 aliphatic heterocycles. The van der Waals surface area contributed by atoms with Crippen LogP contribution in [0.25, 0.3) is 0 Å². The molecule has 0 radical (unpaired) electrons. The van der Waals surface area contributed by atoms with Crippen LogP contribution in [0.1, 0.15) is 25.7 Å². The summed E-state index contributed by atoms with van der Waals surface area (Å²) >= 11 is 1.51. The van der Waals surface area contributed by atoms with Gasteiger partial charge >= 0.3 is 0 Å². The van der Waals surface area contributed by atoms with E-state index in [1.165, 1.54) is 11.8 Å². The number of carbonyl (C=O) groups is 1. The molecule has 15 heavy (non-hydrogen) atoms. The number of rotatable bonds is 5. The van der Waals surface area contributed by atoms with Gasteiger partial charge in [-0.05, 0) is 25.7 Å². The third-order valence-corrected chi connectivity index (χ3v) is 3.54. The number of thioether (sulfide) groups is 1. The molecule has 4 nitrogen and oxygen atoms in total. The molecule has 0 bridgehead atoms. The Bertz CT molecular complexity index is 256. The standard InChI is InChI=1S/C10H17N3OS/c11-5-6-15-7-9(14)13-10(8-12)3-1-2-4-10/h1-7,11H2,(H,13,14). The number of amides is 1. The van der Waals surface area contributed by atoms with Gasteiger partial charge in [-0.3, -0.25) is 4.79 Å². The molecular formula is C10H17N3OS. The number of nitriles is 1. The topological polar surface area (TPSA) is 78.9 Å². The lowest BCUT2D eigenvalue weighted by Crippen LogP contribution is -2.45. The Morgan fingerprint density at radius 3 is 2.73 bits per heavy atom. The van der Waals surface area contributed by atoms with Crippen molar-refractivity contribution in [2.24, 2.45) is 5.73 Å². The minimum atomic E-state index is -0.583. The van der Waals surface area contributed by atoms with Gasteiger partial charge in [-0.25, -0.2) is 0 Å². The molecule has 0 heterocycles. The average Bonchev–Trinajstić information content (AvgIpc) is 2.67. The van der Waals surface area contributed by atoms with Gasteiger partial charge in [-0.15, -0.1) is 0 Å². The average molecular weight is 227 g/mol. The highest BCUT2D eigenvalue weighted by Crippen LogP contribution is 2.28. The third-order valence-electron chi connectivity index (χ3n) is 2.55. The highest BCUT2D eigenvalue weighted by Gasteiger charge is 2.35. The van der Waals surface area contributed by atoms with E-state index in [0.717, 1.165) is 31.4 Å². The maximum absolute atomic E-state index is 11.5. The first kappa shape index (κ1) is 12.3. The van der Waals surface area contributed by atoms with E-state index in [1.54, 1.807) is 0 Å². The number of nitrogens with zero attached hydrogens (tertiary/aromatic N) is 1. The van der Waals surface area contributed by atoms with Crippen molar-refractivity contribution in [2.45, 2.75) is 31.2 Å². The summed E-state index contributed by atoms with van der Waals surface area (Å²) < 4.78 is 0. The van der Waals surface area contributed by atoms with Crippen LogP contribution >= 0.6 is 11.8 Å². The lowest BCUT2D eigenvalue weighted by atomic mass is 10.0. The minimum Gasteiger partial charge on any atom is -0.337 e. The molecule has 0 saturated heterocycles. The smallest absolute Gasteiger partial charge is 0.231 e. The summed E-state index contributed by atoms with van der Waals surface area (Å²) in [5.74, 6) is 1.14. The summed E-state index contributed by atoms with van der Waals surface area (Å²) in [7, 11) is 0. The minimum absolute atomic E-state index is 0.0445. The highest BCUT2D eigenvalue weighted by atomic mass is 32.2. The largest absolute Gasteiger partial charge is 0.337 e. The van der Waals surface area contributed by atoms with Crippen LogP contribution in [0.5, 0.6) is 0 Å². The fourth-order valence-corrected chi connectivity index (χ4v) is 2.36. The summed E-state index contributed by atoms with van der Waals surface area (Å²) in [5, 5.41) is 11.9. The monoisotopic (exact) mass is 227 g/mol. The van der Waals surface area contributed by atoms with Crippen molar-refractivity contribution < 1.29 is 4.79 Å². The molecule has 1 amide bonds. The third kappa shape index (κ3) is 3.73. The van der Waals surface area contributed by atoms with E-state index in [1.807, 2.05) is 0 Å². The van der Waals surface area contributed by atoms with E-state index in [2.05, 4.69) is 11.4 Å². The summed E-state index contributed by atoms with van der Waals surface area (Å²) in [5.41, 5.74) is 4.74.